The van der Waals surface area contributed by atoms with Crippen molar-refractivity contribution >= 4 is 18.2 Å². The number of fused-ring (bicyclic) bond motifs is 1. The van der Waals surface area contributed by atoms with Crippen molar-refractivity contribution in [2.75, 3.05) is 27.3 Å². The number of carbonyl (C=O) groups excluding carboxylic acids is 1. The molecule has 0 aromatic heterocycles. The summed E-state index contributed by atoms with van der Waals surface area (Å²) < 4.78 is 12.1. The summed E-state index contributed by atoms with van der Waals surface area (Å²) in [5, 5.41) is 0. The van der Waals surface area contributed by atoms with E-state index in [1.165, 1.54) is 36.9 Å². The normalized spacial score (nSPS) is 36.4. The Labute approximate surface area is 180 Å². The van der Waals surface area contributed by atoms with Crippen LogP contribution in [0.25, 0.3) is 0 Å². The maximum absolute atomic E-state index is 12.9. The van der Waals surface area contributed by atoms with Gasteiger partial charge in [-0.05, 0) is 67.3 Å². The number of ether oxygens (including phenoxy) is 2. The van der Waals surface area contributed by atoms with E-state index in [-0.39, 0.29) is 29.3 Å². The molecule has 29 heavy (non-hydrogen) atoms. The molecule has 1 saturated heterocycles. The van der Waals surface area contributed by atoms with E-state index < -0.39 is 0 Å². The van der Waals surface area contributed by atoms with Crippen LogP contribution in [0.3, 0.4) is 0 Å². The van der Waals surface area contributed by atoms with Crippen molar-refractivity contribution in [1.29, 1.82) is 0 Å². The summed E-state index contributed by atoms with van der Waals surface area (Å²) in [5.41, 5.74) is 2.19. The molecule has 0 radical (unpaired) electrons. The smallest absolute Gasteiger partial charge is 0.134 e. The summed E-state index contributed by atoms with van der Waals surface area (Å²) >= 11 is 0. The SMILES string of the molecule is COc1ccc2c(c1)[C@]13CCN(CC4CCC4)[C@H](C2)C1(OC)[C@H](C)CC(=O)C3.Cl. The van der Waals surface area contributed by atoms with Crippen LogP contribution in [0.1, 0.15) is 56.6 Å². The highest BCUT2D eigenvalue weighted by Crippen LogP contribution is 2.61. The number of benzene rings is 1. The maximum Gasteiger partial charge on any atom is 0.134 e. The van der Waals surface area contributed by atoms with Crippen molar-refractivity contribution in [1.82, 2.24) is 4.90 Å². The van der Waals surface area contributed by atoms with E-state index in [1.54, 1.807) is 7.11 Å². The molecule has 1 aromatic carbocycles. The van der Waals surface area contributed by atoms with Crippen molar-refractivity contribution in [3.8, 4) is 5.75 Å². The number of hydrogen-bond acceptors (Lipinski definition) is 4. The van der Waals surface area contributed by atoms with E-state index in [9.17, 15) is 4.79 Å². The van der Waals surface area contributed by atoms with Gasteiger partial charge in [-0.3, -0.25) is 9.69 Å². The van der Waals surface area contributed by atoms with Crippen molar-refractivity contribution in [2.24, 2.45) is 11.8 Å². The highest BCUT2D eigenvalue weighted by atomic mass is 35.5. The average Bonchev–Trinajstić information content (AvgIpc) is 2.65. The lowest BCUT2D eigenvalue weighted by atomic mass is 9.46. The third kappa shape index (κ3) is 2.82. The zero-order valence-electron chi connectivity index (χ0n) is 17.9. The molecule has 2 saturated carbocycles. The molecule has 5 rings (SSSR count). The summed E-state index contributed by atoms with van der Waals surface area (Å²) in [7, 11) is 3.62. The summed E-state index contributed by atoms with van der Waals surface area (Å²) in [5.74, 6) is 2.35. The number of rotatable bonds is 4. The molecule has 1 aromatic rings. The third-order valence-corrected chi connectivity index (χ3v) is 8.58. The van der Waals surface area contributed by atoms with Gasteiger partial charge in [-0.1, -0.05) is 19.4 Å². The van der Waals surface area contributed by atoms with Crippen molar-refractivity contribution in [2.45, 2.75) is 68.9 Å². The number of likely N-dealkylation sites (tertiary alicyclic amines) is 1. The highest BCUT2D eigenvalue weighted by molar-refractivity contribution is 5.85. The lowest BCUT2D eigenvalue weighted by molar-refractivity contribution is -0.211. The lowest BCUT2D eigenvalue weighted by Gasteiger charge is -2.67. The second-order valence-corrected chi connectivity index (χ2v) is 9.68. The van der Waals surface area contributed by atoms with Gasteiger partial charge in [0.05, 0.1) is 12.7 Å². The number of nitrogens with zero attached hydrogens (tertiary/aromatic N) is 1. The van der Waals surface area contributed by atoms with Gasteiger partial charge >= 0.3 is 0 Å². The third-order valence-electron chi connectivity index (χ3n) is 8.58. The fourth-order valence-corrected chi connectivity index (χ4v) is 7.20. The topological polar surface area (TPSA) is 38.8 Å². The van der Waals surface area contributed by atoms with Crippen LogP contribution < -0.4 is 4.74 Å². The fourth-order valence-electron chi connectivity index (χ4n) is 7.20. The van der Waals surface area contributed by atoms with Crippen LogP contribution in [-0.4, -0.2) is 49.6 Å². The fraction of sp³-hybridized carbons (Fsp3) is 0.708. The monoisotopic (exact) mass is 419 g/mol. The van der Waals surface area contributed by atoms with Crippen LogP contribution >= 0.6 is 12.4 Å². The van der Waals surface area contributed by atoms with Gasteiger partial charge < -0.3 is 9.47 Å². The Morgan fingerprint density at radius 2 is 2.00 bits per heavy atom. The van der Waals surface area contributed by atoms with Gasteiger partial charge in [-0.15, -0.1) is 12.4 Å². The van der Waals surface area contributed by atoms with Gasteiger partial charge in [0, 0.05) is 38.0 Å². The molecular formula is C24H34ClNO3. The molecule has 1 aliphatic heterocycles. The van der Waals surface area contributed by atoms with Crippen molar-refractivity contribution in [3.63, 3.8) is 0 Å². The van der Waals surface area contributed by atoms with Gasteiger partial charge in [-0.25, -0.2) is 0 Å². The van der Waals surface area contributed by atoms with Crippen LogP contribution in [0, 0.1) is 11.8 Å². The predicted molar refractivity (Wildman–Crippen MR) is 116 cm³/mol. The maximum atomic E-state index is 12.9. The predicted octanol–water partition coefficient (Wildman–Crippen LogP) is 4.17. The Morgan fingerprint density at radius 3 is 2.66 bits per heavy atom. The average molecular weight is 420 g/mol. The molecule has 4 nitrogen and oxygen atoms in total. The van der Waals surface area contributed by atoms with Crippen molar-refractivity contribution in [3.05, 3.63) is 29.3 Å². The standard InChI is InChI=1S/C24H33NO3.ClH/c1-16-11-19(26)14-23-9-10-25(15-17-5-4-6-17)22(24(16,23)28-3)12-18-7-8-20(27-2)13-21(18)23;/h7-8,13,16-17,22H,4-6,9-12,14-15H2,1-3H3;1H/t16-,22-,23-,24?;/m1./s1. The summed E-state index contributed by atoms with van der Waals surface area (Å²) in [6.07, 6.45) is 7.39. The molecule has 4 aliphatic rings. The molecule has 1 heterocycles. The number of piperidine rings is 1. The van der Waals surface area contributed by atoms with Crippen LogP contribution in [-0.2, 0) is 21.4 Å². The molecule has 5 heteroatoms. The number of halogens is 1. The zero-order valence-corrected chi connectivity index (χ0v) is 18.7. The Hall–Kier alpha value is -1.10. The number of ketones is 1. The van der Waals surface area contributed by atoms with Crippen LogP contribution in [0.2, 0.25) is 0 Å². The second kappa shape index (κ2) is 7.55. The van der Waals surface area contributed by atoms with Gasteiger partial charge in [0.1, 0.15) is 11.5 Å². The summed E-state index contributed by atoms with van der Waals surface area (Å²) in [6.45, 7) is 4.52. The van der Waals surface area contributed by atoms with E-state index in [2.05, 4.69) is 30.0 Å². The van der Waals surface area contributed by atoms with Crippen LogP contribution in [0.15, 0.2) is 18.2 Å². The largest absolute Gasteiger partial charge is 0.497 e. The van der Waals surface area contributed by atoms with E-state index in [1.807, 2.05) is 7.11 Å². The Kier molecular flexibility index (Phi) is 5.50. The van der Waals surface area contributed by atoms with Gasteiger partial charge in [0.25, 0.3) is 0 Å². The number of Topliss-reactive ketones (excluding diaryl/α,β-unsaturated/α-hetero) is 1. The zero-order chi connectivity index (χ0) is 19.5. The van der Waals surface area contributed by atoms with Crippen LogP contribution in [0.5, 0.6) is 5.75 Å². The number of hydrogen-bond donors (Lipinski definition) is 0. The number of methoxy groups -OCH3 is 2. The van der Waals surface area contributed by atoms with E-state index >= 15 is 0 Å². The van der Waals surface area contributed by atoms with Gasteiger partial charge in [0.2, 0.25) is 0 Å². The van der Waals surface area contributed by atoms with Gasteiger partial charge in [0.15, 0.2) is 0 Å². The lowest BCUT2D eigenvalue weighted by Crippen LogP contribution is -2.76. The molecule has 160 valence electrons. The molecule has 0 N–H and O–H groups in total. The minimum atomic E-state index is -0.289. The molecule has 0 spiro atoms. The minimum absolute atomic E-state index is 0. The first kappa shape index (κ1) is 21.1. The molecule has 1 unspecified atom stereocenters. The molecule has 0 amide bonds. The molecular weight excluding hydrogens is 386 g/mol. The molecule has 4 atom stereocenters. The second-order valence-electron chi connectivity index (χ2n) is 9.68. The van der Waals surface area contributed by atoms with Gasteiger partial charge in [-0.2, -0.15) is 0 Å². The first-order valence-corrected chi connectivity index (χ1v) is 11.0. The number of carbonyl (C=O) groups is 1. The van der Waals surface area contributed by atoms with E-state index in [0.717, 1.165) is 31.1 Å². The Morgan fingerprint density at radius 1 is 1.21 bits per heavy atom. The quantitative estimate of drug-likeness (QED) is 0.734. The molecule has 3 fully saturated rings. The van der Waals surface area contributed by atoms with Crippen molar-refractivity contribution < 1.29 is 14.3 Å². The Balaban J connectivity index is 0.00000205. The van der Waals surface area contributed by atoms with E-state index in [0.29, 0.717) is 24.7 Å². The summed E-state index contributed by atoms with van der Waals surface area (Å²) in [4.78, 5) is 15.6. The molecule has 3 aliphatic carbocycles. The first-order valence-electron chi connectivity index (χ1n) is 11.0. The minimum Gasteiger partial charge on any atom is -0.497 e. The first-order chi connectivity index (χ1) is 13.5. The summed E-state index contributed by atoms with van der Waals surface area (Å²) in [6, 6.07) is 6.87. The van der Waals surface area contributed by atoms with E-state index in [4.69, 9.17) is 9.47 Å². The molecule has 2 bridgehead atoms. The Bertz CT molecular complexity index is 794. The van der Waals surface area contributed by atoms with Crippen LogP contribution in [0.4, 0.5) is 0 Å². The highest BCUT2D eigenvalue weighted by Gasteiger charge is 2.68.